The molecule has 0 spiro atoms. The van der Waals surface area contributed by atoms with Crippen LogP contribution in [0, 0.1) is 0 Å². The number of carbonyl (C=O) groups excluding carboxylic acids is 1. The summed E-state index contributed by atoms with van der Waals surface area (Å²) in [6.45, 7) is 0.423. The highest BCUT2D eigenvalue weighted by molar-refractivity contribution is 5.94. The van der Waals surface area contributed by atoms with Crippen LogP contribution in [0.15, 0.2) is 79.1 Å². The average molecular weight is 372 g/mol. The minimum Gasteiger partial charge on any atom is -0.497 e. The fraction of sp³-hybridized carbons (Fsp3) is 0.0909. The average Bonchev–Trinajstić information content (AvgIpc) is 3.17. The molecular weight excluding hydrogens is 352 g/mol. The number of fused-ring (bicyclic) bond motifs is 1. The fourth-order valence-corrected chi connectivity index (χ4v) is 2.97. The van der Waals surface area contributed by atoms with Crippen LogP contribution < -0.4 is 15.4 Å². The van der Waals surface area contributed by atoms with Crippen LogP contribution >= 0.6 is 0 Å². The number of nitrogens with zero attached hydrogens (tertiary/aromatic N) is 2. The molecule has 6 heteroatoms. The highest BCUT2D eigenvalue weighted by Crippen LogP contribution is 2.27. The molecule has 4 aromatic rings. The van der Waals surface area contributed by atoms with Crippen molar-refractivity contribution < 1.29 is 9.53 Å². The highest BCUT2D eigenvalue weighted by atomic mass is 16.5. The van der Waals surface area contributed by atoms with E-state index >= 15 is 0 Å². The first-order valence-electron chi connectivity index (χ1n) is 8.94. The first-order valence-corrected chi connectivity index (χ1v) is 8.94. The molecule has 0 fully saturated rings. The van der Waals surface area contributed by atoms with E-state index in [1.807, 2.05) is 83.5 Å². The number of carbonyl (C=O) groups is 1. The molecular formula is C22H20N4O2. The Kier molecular flexibility index (Phi) is 4.93. The molecule has 6 nitrogen and oxygen atoms in total. The Labute approximate surface area is 162 Å². The van der Waals surface area contributed by atoms with Crippen molar-refractivity contribution in [3.63, 3.8) is 0 Å². The van der Waals surface area contributed by atoms with E-state index in [1.165, 1.54) is 0 Å². The predicted octanol–water partition coefficient (Wildman–Crippen LogP) is 4.33. The molecule has 0 aliphatic heterocycles. The lowest BCUT2D eigenvalue weighted by Gasteiger charge is -2.11. The van der Waals surface area contributed by atoms with Crippen LogP contribution in [0.1, 0.15) is 5.56 Å². The van der Waals surface area contributed by atoms with Crippen LogP contribution in [0.2, 0.25) is 0 Å². The molecule has 0 aliphatic rings. The smallest absolute Gasteiger partial charge is 0.319 e. The number of rotatable bonds is 5. The quantitative estimate of drug-likeness (QED) is 0.548. The lowest BCUT2D eigenvalue weighted by molar-refractivity contribution is 0.252. The first-order chi connectivity index (χ1) is 13.7. The van der Waals surface area contributed by atoms with Crippen molar-refractivity contribution in [2.45, 2.75) is 6.54 Å². The van der Waals surface area contributed by atoms with E-state index in [0.29, 0.717) is 12.2 Å². The van der Waals surface area contributed by atoms with Crippen molar-refractivity contribution in [2.24, 2.45) is 0 Å². The Hall–Kier alpha value is -3.80. The number of amides is 2. The van der Waals surface area contributed by atoms with Gasteiger partial charge in [-0.05, 0) is 35.9 Å². The number of anilines is 1. The van der Waals surface area contributed by atoms with Gasteiger partial charge in [0.2, 0.25) is 0 Å². The van der Waals surface area contributed by atoms with Crippen LogP contribution in [0.5, 0.6) is 5.75 Å². The number of aromatic nitrogens is 2. The van der Waals surface area contributed by atoms with Gasteiger partial charge in [-0.1, -0.05) is 36.4 Å². The molecule has 0 saturated heterocycles. The van der Waals surface area contributed by atoms with Gasteiger partial charge in [0.05, 0.1) is 18.5 Å². The van der Waals surface area contributed by atoms with Gasteiger partial charge < -0.3 is 19.8 Å². The standard InChI is InChI=1S/C22H20N4O2/c1-28-17-11-9-16(10-12-17)14-23-22(27)25-19-7-3-2-6-18(19)20-15-26-13-5-4-8-21(26)24-20/h2-13,15H,14H2,1H3,(H2,23,25,27). The first kappa shape index (κ1) is 17.6. The Morgan fingerprint density at radius 1 is 1.04 bits per heavy atom. The maximum Gasteiger partial charge on any atom is 0.319 e. The third-order valence-electron chi connectivity index (χ3n) is 4.43. The second kappa shape index (κ2) is 7.84. The van der Waals surface area contributed by atoms with Gasteiger partial charge in [0.15, 0.2) is 0 Å². The molecule has 2 heterocycles. The van der Waals surface area contributed by atoms with Crippen LogP contribution in [-0.4, -0.2) is 22.5 Å². The summed E-state index contributed by atoms with van der Waals surface area (Å²) in [5.41, 5.74) is 4.22. The maximum atomic E-state index is 12.4. The summed E-state index contributed by atoms with van der Waals surface area (Å²) in [6.07, 6.45) is 3.90. The Morgan fingerprint density at radius 2 is 1.82 bits per heavy atom. The molecule has 2 amide bonds. The normalized spacial score (nSPS) is 10.6. The second-order valence-electron chi connectivity index (χ2n) is 6.29. The van der Waals surface area contributed by atoms with E-state index in [0.717, 1.165) is 28.2 Å². The molecule has 2 aromatic heterocycles. The number of imidazole rings is 1. The van der Waals surface area contributed by atoms with E-state index in [4.69, 9.17) is 4.74 Å². The molecule has 4 rings (SSSR count). The van der Waals surface area contributed by atoms with Gasteiger partial charge in [0.1, 0.15) is 11.4 Å². The van der Waals surface area contributed by atoms with Crippen LogP contribution in [0.25, 0.3) is 16.9 Å². The highest BCUT2D eigenvalue weighted by Gasteiger charge is 2.11. The summed E-state index contributed by atoms with van der Waals surface area (Å²) < 4.78 is 7.10. The monoisotopic (exact) mass is 372 g/mol. The summed E-state index contributed by atoms with van der Waals surface area (Å²) >= 11 is 0. The molecule has 140 valence electrons. The van der Waals surface area contributed by atoms with Gasteiger partial charge in [-0.25, -0.2) is 9.78 Å². The lowest BCUT2D eigenvalue weighted by Crippen LogP contribution is -2.28. The molecule has 0 atom stereocenters. The fourth-order valence-electron chi connectivity index (χ4n) is 2.97. The molecule has 0 aliphatic carbocycles. The summed E-state index contributed by atoms with van der Waals surface area (Å²) in [7, 11) is 1.63. The van der Waals surface area contributed by atoms with Crippen LogP contribution in [0.3, 0.4) is 0 Å². The van der Waals surface area contributed by atoms with Crippen molar-refractivity contribution in [3.05, 3.63) is 84.7 Å². The van der Waals surface area contributed by atoms with Crippen molar-refractivity contribution in [2.75, 3.05) is 12.4 Å². The van der Waals surface area contributed by atoms with Gasteiger partial charge in [-0.3, -0.25) is 0 Å². The maximum absolute atomic E-state index is 12.4. The van der Waals surface area contributed by atoms with E-state index < -0.39 is 0 Å². The Balaban J connectivity index is 1.47. The summed E-state index contributed by atoms with van der Waals surface area (Å²) in [6, 6.07) is 20.8. The number of ether oxygens (including phenoxy) is 1. The number of para-hydroxylation sites is 1. The van der Waals surface area contributed by atoms with E-state index in [9.17, 15) is 4.79 Å². The van der Waals surface area contributed by atoms with Crippen molar-refractivity contribution in [3.8, 4) is 17.0 Å². The van der Waals surface area contributed by atoms with Crippen molar-refractivity contribution >= 4 is 17.4 Å². The lowest BCUT2D eigenvalue weighted by atomic mass is 10.1. The van der Waals surface area contributed by atoms with E-state index in [-0.39, 0.29) is 6.03 Å². The minimum absolute atomic E-state index is 0.271. The Morgan fingerprint density at radius 3 is 2.61 bits per heavy atom. The van der Waals surface area contributed by atoms with Crippen molar-refractivity contribution in [1.29, 1.82) is 0 Å². The number of methoxy groups -OCH3 is 1. The van der Waals surface area contributed by atoms with Gasteiger partial charge in [0, 0.05) is 24.5 Å². The van der Waals surface area contributed by atoms with Gasteiger partial charge in [-0.15, -0.1) is 0 Å². The second-order valence-corrected chi connectivity index (χ2v) is 6.29. The molecule has 28 heavy (non-hydrogen) atoms. The van der Waals surface area contributed by atoms with E-state index in [2.05, 4.69) is 15.6 Å². The number of hydrogen-bond donors (Lipinski definition) is 2. The largest absolute Gasteiger partial charge is 0.497 e. The number of urea groups is 1. The third kappa shape index (κ3) is 3.81. The van der Waals surface area contributed by atoms with Crippen LogP contribution in [0.4, 0.5) is 10.5 Å². The van der Waals surface area contributed by atoms with Crippen LogP contribution in [-0.2, 0) is 6.54 Å². The molecule has 0 radical (unpaired) electrons. The Bertz CT molecular complexity index is 1070. The molecule has 2 aromatic carbocycles. The summed E-state index contributed by atoms with van der Waals surface area (Å²) in [5.74, 6) is 0.787. The zero-order chi connectivity index (χ0) is 19.3. The number of nitrogens with one attached hydrogen (secondary N) is 2. The predicted molar refractivity (Wildman–Crippen MR) is 109 cm³/mol. The number of hydrogen-bond acceptors (Lipinski definition) is 3. The SMILES string of the molecule is COc1ccc(CNC(=O)Nc2ccccc2-c2cn3ccccc3n2)cc1. The summed E-state index contributed by atoms with van der Waals surface area (Å²) in [5, 5.41) is 5.80. The zero-order valence-corrected chi connectivity index (χ0v) is 15.4. The molecule has 0 bridgehead atoms. The topological polar surface area (TPSA) is 67.7 Å². The molecule has 0 saturated carbocycles. The summed E-state index contributed by atoms with van der Waals surface area (Å²) in [4.78, 5) is 17.0. The van der Waals surface area contributed by atoms with Crippen molar-refractivity contribution in [1.82, 2.24) is 14.7 Å². The van der Waals surface area contributed by atoms with E-state index in [1.54, 1.807) is 7.11 Å². The molecule has 2 N–H and O–H groups in total. The number of benzene rings is 2. The number of pyridine rings is 1. The van der Waals surface area contributed by atoms with Gasteiger partial charge in [0.25, 0.3) is 0 Å². The zero-order valence-electron chi connectivity index (χ0n) is 15.4. The minimum atomic E-state index is -0.271. The molecule has 0 unspecified atom stereocenters. The third-order valence-corrected chi connectivity index (χ3v) is 4.43. The van der Waals surface area contributed by atoms with Gasteiger partial charge in [-0.2, -0.15) is 0 Å². The van der Waals surface area contributed by atoms with Gasteiger partial charge >= 0.3 is 6.03 Å².